The Morgan fingerprint density at radius 1 is 1.50 bits per heavy atom. The third-order valence-electron chi connectivity index (χ3n) is 2.14. The molecule has 2 aliphatic rings. The highest BCUT2D eigenvalue weighted by molar-refractivity contribution is 5.90. The first kappa shape index (κ1) is 8.16. The Bertz CT molecular complexity index is 199. The molecule has 4 atom stereocenters. The highest BCUT2D eigenvalue weighted by Gasteiger charge is 2.56. The molecular weight excluding hydrogens is 160 g/mol. The van der Waals surface area contributed by atoms with Crippen LogP contribution in [-0.2, 0) is 19.0 Å². The van der Waals surface area contributed by atoms with Crippen molar-refractivity contribution in [3.05, 3.63) is 0 Å². The van der Waals surface area contributed by atoms with Gasteiger partial charge in [0.2, 0.25) is 0 Å². The Labute approximate surface area is 70.8 Å². The van der Waals surface area contributed by atoms with Gasteiger partial charge >= 0.3 is 0 Å². The van der Waals surface area contributed by atoms with Crippen molar-refractivity contribution in [1.29, 1.82) is 0 Å². The van der Waals surface area contributed by atoms with Gasteiger partial charge in [0, 0.05) is 6.61 Å². The summed E-state index contributed by atoms with van der Waals surface area (Å²) in [5.74, 6) is 0.0379. The van der Waals surface area contributed by atoms with Gasteiger partial charge in [0.15, 0.2) is 18.2 Å². The topological polar surface area (TPSA) is 48.1 Å². The maximum absolute atomic E-state index is 11.2. The summed E-state index contributed by atoms with van der Waals surface area (Å²) < 4.78 is 15.7. The highest BCUT2D eigenvalue weighted by atomic mass is 16.7. The zero-order valence-electron chi connectivity index (χ0n) is 7.15. The molecule has 2 rings (SSSR count). The number of epoxide rings is 1. The Morgan fingerprint density at radius 3 is 2.92 bits per heavy atom. The first-order valence-electron chi connectivity index (χ1n) is 4.20. The van der Waals surface area contributed by atoms with Crippen LogP contribution in [0.1, 0.15) is 13.8 Å². The van der Waals surface area contributed by atoms with E-state index in [1.807, 2.05) is 6.92 Å². The molecule has 4 unspecified atom stereocenters. The number of hydrogen-bond acceptors (Lipinski definition) is 4. The summed E-state index contributed by atoms with van der Waals surface area (Å²) in [5, 5.41) is 0. The average molecular weight is 172 g/mol. The van der Waals surface area contributed by atoms with Crippen molar-refractivity contribution in [1.82, 2.24) is 0 Å². The van der Waals surface area contributed by atoms with E-state index in [9.17, 15) is 4.79 Å². The number of rotatable bonds is 2. The van der Waals surface area contributed by atoms with Crippen LogP contribution in [0.25, 0.3) is 0 Å². The number of hydrogen-bond donors (Lipinski definition) is 0. The molecule has 0 aliphatic carbocycles. The van der Waals surface area contributed by atoms with Crippen molar-refractivity contribution in [2.75, 3.05) is 6.61 Å². The summed E-state index contributed by atoms with van der Waals surface area (Å²) in [5.41, 5.74) is 0. The molecule has 2 aliphatic heterocycles. The first-order chi connectivity index (χ1) is 5.74. The van der Waals surface area contributed by atoms with Crippen LogP contribution in [0.15, 0.2) is 0 Å². The van der Waals surface area contributed by atoms with Gasteiger partial charge < -0.3 is 14.2 Å². The van der Waals surface area contributed by atoms with Crippen LogP contribution < -0.4 is 0 Å². The van der Waals surface area contributed by atoms with Crippen molar-refractivity contribution < 1.29 is 19.0 Å². The Kier molecular flexibility index (Phi) is 1.90. The third-order valence-corrected chi connectivity index (χ3v) is 2.14. The van der Waals surface area contributed by atoms with Crippen molar-refractivity contribution in [2.45, 2.75) is 38.4 Å². The molecule has 0 saturated carbocycles. The number of carbonyl (C=O) groups excluding carboxylic acids is 1. The summed E-state index contributed by atoms with van der Waals surface area (Å²) in [4.78, 5) is 11.2. The number of ketones is 1. The molecule has 2 saturated heterocycles. The molecule has 4 nitrogen and oxygen atoms in total. The number of Topliss-reactive ketones (excluding diaryl/α,β-unsaturated/α-hetero) is 1. The predicted molar refractivity (Wildman–Crippen MR) is 39.6 cm³/mol. The van der Waals surface area contributed by atoms with E-state index in [2.05, 4.69) is 0 Å². The van der Waals surface area contributed by atoms with Gasteiger partial charge in [-0.15, -0.1) is 0 Å². The smallest absolute Gasteiger partial charge is 0.192 e. The molecule has 12 heavy (non-hydrogen) atoms. The van der Waals surface area contributed by atoms with Gasteiger partial charge in [-0.1, -0.05) is 0 Å². The SMILES string of the molecule is CCOC1OC(C)C(=O)C2OC12. The van der Waals surface area contributed by atoms with Crippen molar-refractivity contribution in [3.63, 3.8) is 0 Å². The minimum absolute atomic E-state index is 0.0379. The standard InChI is InChI=1S/C8H12O4/c1-3-10-8-7-6(12-7)5(9)4(2)11-8/h4,6-8H,3H2,1-2H3. The lowest BCUT2D eigenvalue weighted by atomic mass is 10.1. The average Bonchev–Trinajstić information content (AvgIpc) is 2.79. The first-order valence-corrected chi connectivity index (χ1v) is 4.20. The Balaban J connectivity index is 1.99. The van der Waals surface area contributed by atoms with Gasteiger partial charge in [0.05, 0.1) is 0 Å². The number of carbonyl (C=O) groups is 1. The minimum atomic E-state index is -0.384. The molecule has 0 spiro atoms. The number of fused-ring (bicyclic) bond motifs is 1. The summed E-state index contributed by atoms with van der Waals surface area (Å²) in [6.45, 7) is 4.20. The largest absolute Gasteiger partial charge is 0.356 e. The Hall–Kier alpha value is -0.450. The third kappa shape index (κ3) is 1.16. The molecule has 2 fully saturated rings. The van der Waals surface area contributed by atoms with E-state index in [1.54, 1.807) is 6.92 Å². The normalized spacial score (nSPS) is 45.7. The summed E-state index contributed by atoms with van der Waals surface area (Å²) in [6, 6.07) is 0. The number of ether oxygens (including phenoxy) is 3. The molecule has 0 amide bonds. The zero-order chi connectivity index (χ0) is 8.72. The molecule has 0 N–H and O–H groups in total. The van der Waals surface area contributed by atoms with Crippen molar-refractivity contribution in [2.24, 2.45) is 0 Å². The second kappa shape index (κ2) is 2.80. The molecule has 0 bridgehead atoms. The maximum atomic E-state index is 11.2. The second-order valence-electron chi connectivity index (χ2n) is 3.03. The summed E-state index contributed by atoms with van der Waals surface area (Å²) >= 11 is 0. The van der Waals surface area contributed by atoms with Gasteiger partial charge in [0.25, 0.3) is 0 Å². The quantitative estimate of drug-likeness (QED) is 0.554. The van der Waals surface area contributed by atoms with E-state index in [1.165, 1.54) is 0 Å². The van der Waals surface area contributed by atoms with E-state index in [0.717, 1.165) is 0 Å². The van der Waals surface area contributed by atoms with E-state index >= 15 is 0 Å². The molecule has 0 radical (unpaired) electrons. The van der Waals surface area contributed by atoms with Crippen LogP contribution in [0, 0.1) is 0 Å². The van der Waals surface area contributed by atoms with Crippen molar-refractivity contribution >= 4 is 5.78 Å². The van der Waals surface area contributed by atoms with E-state index in [4.69, 9.17) is 14.2 Å². The zero-order valence-corrected chi connectivity index (χ0v) is 7.15. The monoisotopic (exact) mass is 172 g/mol. The van der Waals surface area contributed by atoms with E-state index in [0.29, 0.717) is 6.61 Å². The summed E-state index contributed by atoms with van der Waals surface area (Å²) in [7, 11) is 0. The fraction of sp³-hybridized carbons (Fsp3) is 0.875. The molecule has 68 valence electrons. The minimum Gasteiger partial charge on any atom is -0.356 e. The van der Waals surface area contributed by atoms with E-state index < -0.39 is 0 Å². The van der Waals surface area contributed by atoms with Crippen LogP contribution in [0.2, 0.25) is 0 Å². The van der Waals surface area contributed by atoms with Gasteiger partial charge in [-0.2, -0.15) is 0 Å². The van der Waals surface area contributed by atoms with Crippen LogP contribution in [-0.4, -0.2) is 37.0 Å². The lowest BCUT2D eigenvalue weighted by molar-refractivity contribution is -0.185. The fourth-order valence-corrected chi connectivity index (χ4v) is 1.44. The Morgan fingerprint density at radius 2 is 2.25 bits per heavy atom. The highest BCUT2D eigenvalue weighted by Crippen LogP contribution is 2.35. The van der Waals surface area contributed by atoms with Crippen LogP contribution in [0.4, 0.5) is 0 Å². The second-order valence-corrected chi connectivity index (χ2v) is 3.03. The van der Waals surface area contributed by atoms with Gasteiger partial charge in [-0.25, -0.2) is 0 Å². The van der Waals surface area contributed by atoms with E-state index in [-0.39, 0.29) is 30.4 Å². The molecule has 2 heterocycles. The molecule has 4 heteroatoms. The predicted octanol–water partition coefficient (Wildman–Crippen LogP) is 0.104. The molecule has 0 aromatic heterocycles. The van der Waals surface area contributed by atoms with Crippen molar-refractivity contribution in [3.8, 4) is 0 Å². The maximum Gasteiger partial charge on any atom is 0.192 e. The van der Waals surface area contributed by atoms with Gasteiger partial charge in [0.1, 0.15) is 12.2 Å². The van der Waals surface area contributed by atoms with Crippen LogP contribution in [0.3, 0.4) is 0 Å². The summed E-state index contributed by atoms with van der Waals surface area (Å²) in [6.07, 6.45) is -1.13. The van der Waals surface area contributed by atoms with Crippen LogP contribution in [0.5, 0.6) is 0 Å². The fourth-order valence-electron chi connectivity index (χ4n) is 1.44. The molecule has 0 aromatic carbocycles. The lowest BCUT2D eigenvalue weighted by Gasteiger charge is -2.23. The molecular formula is C8H12O4. The van der Waals surface area contributed by atoms with Gasteiger partial charge in [-0.05, 0) is 13.8 Å². The van der Waals surface area contributed by atoms with Gasteiger partial charge in [-0.3, -0.25) is 4.79 Å². The lowest BCUT2D eigenvalue weighted by Crippen LogP contribution is -2.41. The molecule has 0 aromatic rings. The van der Waals surface area contributed by atoms with Crippen LogP contribution >= 0.6 is 0 Å².